The minimum atomic E-state index is -0.932. The third-order valence-corrected chi connectivity index (χ3v) is 7.80. The van der Waals surface area contributed by atoms with E-state index in [1.165, 1.54) is 30.4 Å². The lowest BCUT2D eigenvalue weighted by atomic mass is 10.0. The number of benzene rings is 1. The molecule has 10 nitrogen and oxygen atoms in total. The predicted octanol–water partition coefficient (Wildman–Crippen LogP) is 2.40. The quantitative estimate of drug-likeness (QED) is 0.364. The number of likely N-dealkylation sites (N-methyl/N-ethyl adjacent to an activating group) is 1. The highest BCUT2D eigenvalue weighted by Gasteiger charge is 2.28. The van der Waals surface area contributed by atoms with Crippen molar-refractivity contribution in [3.05, 3.63) is 59.0 Å². The molecule has 3 heterocycles. The Balaban J connectivity index is 1.39. The number of carbonyl (C=O) groups is 4. The number of hydrogen-bond donors (Lipinski definition) is 3. The van der Waals surface area contributed by atoms with Crippen LogP contribution in [0.25, 0.3) is 10.1 Å². The summed E-state index contributed by atoms with van der Waals surface area (Å²) in [6, 6.07) is 4.24. The second-order valence-electron chi connectivity index (χ2n) is 9.83. The number of nitrogens with one attached hydrogen (secondary N) is 3. The van der Waals surface area contributed by atoms with Crippen LogP contribution in [0.4, 0.5) is 10.1 Å². The Morgan fingerprint density at radius 3 is 2.55 bits per heavy atom. The molecular formula is C28H33FN6O4S. The molecule has 2 atom stereocenters. The fourth-order valence-electron chi connectivity index (χ4n) is 4.41. The van der Waals surface area contributed by atoms with E-state index in [0.29, 0.717) is 24.2 Å². The Kier molecular flexibility index (Phi) is 9.43. The molecule has 212 valence electrons. The van der Waals surface area contributed by atoms with Crippen molar-refractivity contribution >= 4 is 50.7 Å². The highest BCUT2D eigenvalue weighted by molar-refractivity contribution is 7.17. The van der Waals surface area contributed by atoms with Gasteiger partial charge in [0, 0.05) is 62.2 Å². The van der Waals surface area contributed by atoms with Crippen LogP contribution in [0.5, 0.6) is 0 Å². The molecule has 4 amide bonds. The lowest BCUT2D eigenvalue weighted by Gasteiger charge is -2.34. The van der Waals surface area contributed by atoms with E-state index >= 15 is 4.39 Å². The molecule has 12 heteroatoms. The molecule has 40 heavy (non-hydrogen) atoms. The lowest BCUT2D eigenvalue weighted by Crippen LogP contribution is -2.54. The number of rotatable bonds is 9. The van der Waals surface area contributed by atoms with Crippen molar-refractivity contribution in [3.8, 4) is 0 Å². The van der Waals surface area contributed by atoms with Crippen LogP contribution in [0.15, 0.2) is 42.0 Å². The second-order valence-corrected chi connectivity index (χ2v) is 10.7. The van der Waals surface area contributed by atoms with E-state index < -0.39 is 29.7 Å². The van der Waals surface area contributed by atoms with Crippen LogP contribution in [0.2, 0.25) is 0 Å². The molecule has 1 aliphatic rings. The summed E-state index contributed by atoms with van der Waals surface area (Å²) in [5.74, 6) is -2.15. The first-order valence-electron chi connectivity index (χ1n) is 13.1. The van der Waals surface area contributed by atoms with Crippen LogP contribution >= 0.6 is 11.3 Å². The minimum Gasteiger partial charge on any atom is -0.344 e. The van der Waals surface area contributed by atoms with Gasteiger partial charge >= 0.3 is 0 Å². The van der Waals surface area contributed by atoms with Crippen LogP contribution in [-0.4, -0.2) is 83.7 Å². The molecule has 0 saturated carbocycles. The fourth-order valence-corrected chi connectivity index (χ4v) is 5.31. The predicted molar refractivity (Wildman–Crippen MR) is 152 cm³/mol. The van der Waals surface area contributed by atoms with Crippen molar-refractivity contribution in [2.24, 2.45) is 0 Å². The first-order chi connectivity index (χ1) is 19.2. The molecule has 0 aliphatic carbocycles. The molecule has 3 aromatic rings. The van der Waals surface area contributed by atoms with E-state index in [9.17, 15) is 19.2 Å². The van der Waals surface area contributed by atoms with Crippen molar-refractivity contribution in [2.45, 2.75) is 38.8 Å². The van der Waals surface area contributed by atoms with Gasteiger partial charge in [-0.15, -0.1) is 11.3 Å². The highest BCUT2D eigenvalue weighted by Crippen LogP contribution is 2.25. The topological polar surface area (TPSA) is 124 Å². The number of anilines is 1. The monoisotopic (exact) mass is 568 g/mol. The Hall–Kier alpha value is -3.90. The van der Waals surface area contributed by atoms with Gasteiger partial charge in [0.15, 0.2) is 0 Å². The average Bonchev–Trinajstić information content (AvgIpc) is 3.38. The zero-order valence-electron chi connectivity index (χ0n) is 22.7. The molecule has 0 spiro atoms. The summed E-state index contributed by atoms with van der Waals surface area (Å²) in [7, 11) is 1.99. The Labute approximate surface area is 235 Å². The van der Waals surface area contributed by atoms with E-state index in [2.05, 4.69) is 25.8 Å². The first-order valence-corrected chi connectivity index (χ1v) is 14.0. The maximum absolute atomic E-state index is 15.0. The summed E-state index contributed by atoms with van der Waals surface area (Å²) in [5, 5.41) is 10.4. The first kappa shape index (κ1) is 29.1. The van der Waals surface area contributed by atoms with Crippen molar-refractivity contribution in [1.82, 2.24) is 25.4 Å². The van der Waals surface area contributed by atoms with Gasteiger partial charge in [-0.25, -0.2) is 4.39 Å². The summed E-state index contributed by atoms with van der Waals surface area (Å²) in [6.45, 7) is 5.81. The zero-order valence-corrected chi connectivity index (χ0v) is 23.5. The third-order valence-electron chi connectivity index (χ3n) is 6.86. The SMILES string of the molecule is CCC(=O)N[C@H](Cc1ccc(NC(=O)[C@H](C)NC(=O)c2csc3cnccc23)c(F)c1)C(=O)N1CCN(C)CC1. The van der Waals surface area contributed by atoms with Gasteiger partial charge in [-0.3, -0.25) is 24.2 Å². The van der Waals surface area contributed by atoms with Gasteiger partial charge in [0.2, 0.25) is 17.7 Å². The third kappa shape index (κ3) is 6.99. The van der Waals surface area contributed by atoms with E-state index in [4.69, 9.17) is 0 Å². The molecule has 1 fully saturated rings. The van der Waals surface area contributed by atoms with Gasteiger partial charge in [-0.1, -0.05) is 13.0 Å². The largest absolute Gasteiger partial charge is 0.344 e. The normalized spacial score (nSPS) is 15.3. The zero-order chi connectivity index (χ0) is 28.8. The van der Waals surface area contributed by atoms with Crippen LogP contribution in [0.1, 0.15) is 36.2 Å². The molecule has 0 radical (unpaired) electrons. The van der Waals surface area contributed by atoms with E-state index in [0.717, 1.165) is 23.2 Å². The van der Waals surface area contributed by atoms with Crippen LogP contribution < -0.4 is 16.0 Å². The minimum absolute atomic E-state index is 0.0542. The number of amides is 4. The highest BCUT2D eigenvalue weighted by atomic mass is 32.1. The van der Waals surface area contributed by atoms with E-state index in [-0.39, 0.29) is 30.3 Å². The van der Waals surface area contributed by atoms with E-state index in [1.807, 2.05) is 7.05 Å². The molecule has 3 N–H and O–H groups in total. The number of aromatic nitrogens is 1. The summed E-state index contributed by atoms with van der Waals surface area (Å²) >= 11 is 1.38. The van der Waals surface area contributed by atoms with Gasteiger partial charge in [-0.05, 0) is 37.7 Å². The summed E-state index contributed by atoms with van der Waals surface area (Å²) in [6.07, 6.45) is 3.59. The van der Waals surface area contributed by atoms with Crippen molar-refractivity contribution in [3.63, 3.8) is 0 Å². The summed E-state index contributed by atoms with van der Waals surface area (Å²) in [5.41, 5.74) is 0.884. The molecule has 4 rings (SSSR count). The molecule has 1 saturated heterocycles. The maximum Gasteiger partial charge on any atom is 0.253 e. The number of halogens is 1. The van der Waals surface area contributed by atoms with Crippen molar-refractivity contribution in [1.29, 1.82) is 0 Å². The van der Waals surface area contributed by atoms with Crippen molar-refractivity contribution < 1.29 is 23.6 Å². The number of nitrogens with zero attached hydrogens (tertiary/aromatic N) is 3. The van der Waals surface area contributed by atoms with Gasteiger partial charge in [0.1, 0.15) is 17.9 Å². The average molecular weight is 569 g/mol. The number of hydrogen-bond acceptors (Lipinski definition) is 7. The van der Waals surface area contributed by atoms with Gasteiger partial charge in [0.05, 0.1) is 16.0 Å². The standard InChI is InChI=1S/C28H33FN6O4S/c1-4-25(36)32-23(28(39)35-11-9-34(3)10-12-35)14-18-5-6-22(21(29)13-18)33-26(37)17(2)31-27(38)20-16-40-24-15-30-8-7-19(20)24/h5-8,13,15-17,23H,4,9-12,14H2,1-3H3,(H,31,38)(H,32,36)(H,33,37)/t17-,23+/m0/s1. The molecule has 0 unspecified atom stereocenters. The fraction of sp³-hybridized carbons (Fsp3) is 0.393. The maximum atomic E-state index is 15.0. The molecule has 1 aliphatic heterocycles. The number of thiophene rings is 1. The summed E-state index contributed by atoms with van der Waals surface area (Å²) < 4.78 is 15.9. The molecule has 0 bridgehead atoms. The smallest absolute Gasteiger partial charge is 0.253 e. The molecule has 1 aromatic carbocycles. The Morgan fingerprint density at radius 2 is 1.85 bits per heavy atom. The number of piperazine rings is 1. The van der Waals surface area contributed by atoms with Gasteiger partial charge < -0.3 is 25.8 Å². The van der Waals surface area contributed by atoms with Gasteiger partial charge in [-0.2, -0.15) is 0 Å². The van der Waals surface area contributed by atoms with Gasteiger partial charge in [0.25, 0.3) is 5.91 Å². The van der Waals surface area contributed by atoms with E-state index in [1.54, 1.807) is 41.7 Å². The van der Waals surface area contributed by atoms with Crippen LogP contribution in [-0.2, 0) is 20.8 Å². The second kappa shape index (κ2) is 13.0. The summed E-state index contributed by atoms with van der Waals surface area (Å²) in [4.78, 5) is 58.7. The Morgan fingerprint density at radius 1 is 1.10 bits per heavy atom. The molecular weight excluding hydrogens is 535 g/mol. The van der Waals surface area contributed by atoms with Crippen LogP contribution in [0.3, 0.4) is 0 Å². The lowest BCUT2D eigenvalue weighted by molar-refractivity contribution is -0.137. The van der Waals surface area contributed by atoms with Crippen LogP contribution in [0, 0.1) is 5.82 Å². The number of carbonyl (C=O) groups excluding carboxylic acids is 4. The van der Waals surface area contributed by atoms with Crippen molar-refractivity contribution in [2.75, 3.05) is 38.5 Å². The number of pyridine rings is 1. The Bertz CT molecular complexity index is 1400. The number of fused-ring (bicyclic) bond motifs is 1. The molecule has 2 aromatic heterocycles.